The van der Waals surface area contributed by atoms with Gasteiger partial charge in [0.15, 0.2) is 0 Å². The Morgan fingerprint density at radius 1 is 0.500 bits per heavy atom. The summed E-state index contributed by atoms with van der Waals surface area (Å²) >= 11 is 0. The molecule has 10 N–H and O–H groups in total. The molecule has 280 valence electrons. The van der Waals surface area contributed by atoms with Gasteiger partial charge >= 0.3 is 15.6 Å². The maximum atomic E-state index is 9.84. The lowest BCUT2D eigenvalue weighted by atomic mass is 9.80. The van der Waals surface area contributed by atoms with Crippen LogP contribution in [0.15, 0.2) is 36.4 Å². The van der Waals surface area contributed by atoms with Crippen LogP contribution in [0.3, 0.4) is 0 Å². The van der Waals surface area contributed by atoms with Crippen LogP contribution in [-0.2, 0) is 35.1 Å². The van der Waals surface area contributed by atoms with Crippen molar-refractivity contribution in [3.05, 3.63) is 58.7 Å². The van der Waals surface area contributed by atoms with E-state index in [4.69, 9.17) is 40.0 Å². The molecular formula is C33H60O13P2. The van der Waals surface area contributed by atoms with E-state index in [2.05, 4.69) is 99.5 Å². The summed E-state index contributed by atoms with van der Waals surface area (Å²) in [6.07, 6.45) is 0. The molecule has 2 rings (SSSR count). The SMILES string of the molecule is CC(C)(C)c1ccc(O)c(C(C)(C)C)c1.CC(C)(C)c1ccc(O)c(C(C)(C)C)c1.O=P(O)(O)OP(=O)(O)O.OCC(CO)(CO)CO. The van der Waals surface area contributed by atoms with Crippen LogP contribution in [0, 0.1) is 5.41 Å². The minimum absolute atomic E-state index is 0.00859. The van der Waals surface area contributed by atoms with Gasteiger partial charge in [0.05, 0.1) is 31.8 Å². The summed E-state index contributed by atoms with van der Waals surface area (Å²) in [6, 6.07) is 11.9. The van der Waals surface area contributed by atoms with Gasteiger partial charge in [-0.15, -0.1) is 0 Å². The highest BCUT2D eigenvalue weighted by Crippen LogP contribution is 2.53. The number of phosphoric acid groups is 2. The van der Waals surface area contributed by atoms with Crippen LogP contribution in [0.1, 0.15) is 105 Å². The van der Waals surface area contributed by atoms with E-state index in [1.54, 1.807) is 12.1 Å². The van der Waals surface area contributed by atoms with Crippen LogP contribution in [0.4, 0.5) is 0 Å². The summed E-state index contributed by atoms with van der Waals surface area (Å²) in [5.74, 6) is 0.797. The van der Waals surface area contributed by atoms with Gasteiger partial charge in [-0.05, 0) is 56.0 Å². The lowest BCUT2D eigenvalue weighted by Crippen LogP contribution is -2.37. The maximum Gasteiger partial charge on any atom is 0.478 e. The van der Waals surface area contributed by atoms with Gasteiger partial charge in [0.25, 0.3) is 0 Å². The van der Waals surface area contributed by atoms with Crippen LogP contribution < -0.4 is 0 Å². The summed E-state index contributed by atoms with van der Waals surface area (Å²) in [5, 5.41) is 53.7. The summed E-state index contributed by atoms with van der Waals surface area (Å²) in [5.41, 5.74) is 3.72. The summed E-state index contributed by atoms with van der Waals surface area (Å²) in [6.45, 7) is 24.2. The van der Waals surface area contributed by atoms with Crippen LogP contribution in [-0.4, -0.2) is 76.6 Å². The first-order valence-corrected chi connectivity index (χ1v) is 18.2. The van der Waals surface area contributed by atoms with Crippen molar-refractivity contribution in [2.24, 2.45) is 5.41 Å². The van der Waals surface area contributed by atoms with Crippen molar-refractivity contribution in [3.63, 3.8) is 0 Å². The van der Waals surface area contributed by atoms with E-state index >= 15 is 0 Å². The quantitative estimate of drug-likeness (QED) is 0.174. The molecule has 15 heteroatoms. The summed E-state index contributed by atoms with van der Waals surface area (Å²) < 4.78 is 22.2. The third kappa shape index (κ3) is 18.8. The molecule has 0 heterocycles. The number of aromatic hydroxyl groups is 2. The largest absolute Gasteiger partial charge is 0.508 e. The fraction of sp³-hybridized carbons (Fsp3) is 0.636. The van der Waals surface area contributed by atoms with E-state index in [0.29, 0.717) is 11.5 Å². The molecule has 48 heavy (non-hydrogen) atoms. The number of hydrogen-bond acceptors (Lipinski definition) is 9. The molecule has 0 aromatic heterocycles. The summed E-state index contributed by atoms with van der Waals surface area (Å²) in [7, 11) is -10.1. The predicted molar refractivity (Wildman–Crippen MR) is 187 cm³/mol. The van der Waals surface area contributed by atoms with Gasteiger partial charge in [0, 0.05) is 0 Å². The van der Waals surface area contributed by atoms with E-state index in [-0.39, 0.29) is 21.7 Å². The lowest BCUT2D eigenvalue weighted by molar-refractivity contribution is -0.0328. The van der Waals surface area contributed by atoms with Crippen molar-refractivity contribution >= 4 is 15.6 Å². The first kappa shape index (κ1) is 48.3. The number of aliphatic hydroxyl groups excluding tert-OH is 4. The number of hydrogen-bond donors (Lipinski definition) is 10. The second-order valence-corrected chi connectivity index (χ2v) is 18.3. The van der Waals surface area contributed by atoms with E-state index in [0.717, 1.165) is 11.1 Å². The minimum atomic E-state index is -5.05. The molecular weight excluding hydrogens is 666 g/mol. The van der Waals surface area contributed by atoms with E-state index in [1.807, 2.05) is 12.1 Å². The molecule has 0 fully saturated rings. The second-order valence-electron chi connectivity index (χ2n) is 15.7. The van der Waals surface area contributed by atoms with Crippen molar-refractivity contribution in [3.8, 4) is 11.5 Å². The van der Waals surface area contributed by atoms with Gasteiger partial charge in [-0.25, -0.2) is 9.13 Å². The predicted octanol–water partition coefficient (Wildman–Crippen LogP) is 5.10. The second kappa shape index (κ2) is 18.4. The van der Waals surface area contributed by atoms with Gasteiger partial charge in [0.2, 0.25) is 0 Å². The zero-order valence-electron chi connectivity index (χ0n) is 30.4. The van der Waals surface area contributed by atoms with Crippen molar-refractivity contribution in [1.82, 2.24) is 0 Å². The Balaban J connectivity index is 0. The number of benzene rings is 2. The third-order valence-corrected chi connectivity index (χ3v) is 8.60. The highest BCUT2D eigenvalue weighted by atomic mass is 31.3. The van der Waals surface area contributed by atoms with Crippen LogP contribution in [0.2, 0.25) is 0 Å². The molecule has 0 radical (unpaired) electrons. The maximum absolute atomic E-state index is 9.84. The molecule has 0 amide bonds. The average Bonchev–Trinajstić information content (AvgIpc) is 2.87. The van der Waals surface area contributed by atoms with Crippen molar-refractivity contribution < 1.29 is 63.7 Å². The Morgan fingerprint density at radius 2 is 0.750 bits per heavy atom. The van der Waals surface area contributed by atoms with E-state index < -0.39 is 47.5 Å². The van der Waals surface area contributed by atoms with Crippen LogP contribution in [0.5, 0.6) is 11.5 Å². The average molecular weight is 727 g/mol. The normalized spacial score (nSPS) is 12.9. The Hall–Kier alpha value is -1.86. The summed E-state index contributed by atoms with van der Waals surface area (Å²) in [4.78, 5) is 31.0. The monoisotopic (exact) mass is 726 g/mol. The molecule has 0 saturated carbocycles. The van der Waals surface area contributed by atoms with Gasteiger partial charge in [-0.2, -0.15) is 4.31 Å². The molecule has 0 spiro atoms. The van der Waals surface area contributed by atoms with E-state index in [9.17, 15) is 19.3 Å². The first-order chi connectivity index (χ1) is 21.2. The number of aliphatic hydroxyl groups is 4. The Kier molecular flexibility index (Phi) is 18.5. The molecule has 13 nitrogen and oxygen atoms in total. The van der Waals surface area contributed by atoms with Gasteiger partial charge in [-0.3, -0.25) is 0 Å². The fourth-order valence-corrected chi connectivity index (χ4v) is 4.75. The molecule has 0 saturated heterocycles. The lowest BCUT2D eigenvalue weighted by Gasteiger charge is -2.25. The number of rotatable bonds is 6. The molecule has 0 atom stereocenters. The molecule has 0 aliphatic rings. The smallest absolute Gasteiger partial charge is 0.478 e. The molecule has 0 bridgehead atoms. The Labute approximate surface area is 285 Å². The highest BCUT2D eigenvalue weighted by molar-refractivity contribution is 7.60. The third-order valence-electron chi connectivity index (χ3n) is 6.90. The van der Waals surface area contributed by atoms with Gasteiger partial charge in [-0.1, -0.05) is 107 Å². The highest BCUT2D eigenvalue weighted by Gasteiger charge is 2.28. The topological polar surface area (TPSA) is 246 Å². The fourth-order valence-electron chi connectivity index (χ4n) is 3.65. The molecule has 0 aliphatic carbocycles. The van der Waals surface area contributed by atoms with Gasteiger partial charge < -0.3 is 50.2 Å². The first-order valence-electron chi connectivity index (χ1n) is 15.1. The standard InChI is InChI=1S/2C14H22O.C5H12O4.H4O7P2/c2*1-13(2,3)10-7-8-12(15)11(9-10)14(4,5)6;6-1-5(2-7,3-8)4-9;1-8(2,3)7-9(4,5)6/h2*7-9,15H,1-6H3;6-9H,1-4H2;(H2,1,2,3)(H2,4,5,6). The van der Waals surface area contributed by atoms with E-state index in [1.165, 1.54) is 11.1 Å². The van der Waals surface area contributed by atoms with Gasteiger partial charge in [0.1, 0.15) is 11.5 Å². The van der Waals surface area contributed by atoms with Crippen molar-refractivity contribution in [1.29, 1.82) is 0 Å². The Bertz CT molecular complexity index is 1240. The zero-order chi connectivity index (χ0) is 38.7. The minimum Gasteiger partial charge on any atom is -0.508 e. The molecule has 2 aromatic carbocycles. The zero-order valence-corrected chi connectivity index (χ0v) is 32.2. The molecule has 2 aromatic rings. The number of phenolic OH excluding ortho intramolecular Hbond substituents is 2. The van der Waals surface area contributed by atoms with Crippen molar-refractivity contribution in [2.75, 3.05) is 26.4 Å². The molecule has 0 aliphatic heterocycles. The van der Waals surface area contributed by atoms with Crippen LogP contribution >= 0.6 is 15.6 Å². The number of phenols is 2. The van der Waals surface area contributed by atoms with Crippen LogP contribution in [0.25, 0.3) is 0 Å². The Morgan fingerprint density at radius 3 is 0.875 bits per heavy atom. The van der Waals surface area contributed by atoms with Crippen molar-refractivity contribution in [2.45, 2.75) is 105 Å². The molecule has 0 unspecified atom stereocenters.